The Bertz CT molecular complexity index is 1390. The lowest BCUT2D eigenvalue weighted by atomic mass is 10.0. The van der Waals surface area contributed by atoms with Crippen molar-refractivity contribution < 1.29 is 4.74 Å². The summed E-state index contributed by atoms with van der Waals surface area (Å²) >= 11 is 0. The molecule has 200 valence electrons. The number of hydrogen-bond acceptors (Lipinski definition) is 2. The Morgan fingerprint density at radius 2 is 1.33 bits per heavy atom. The molecule has 0 amide bonds. The first-order valence-corrected chi connectivity index (χ1v) is 13.5. The van der Waals surface area contributed by atoms with Crippen molar-refractivity contribution in [3.8, 4) is 11.5 Å². The number of hydrogen-bond donors (Lipinski definition) is 1. The molecule has 2 heteroatoms. The van der Waals surface area contributed by atoms with Gasteiger partial charge in [0.15, 0.2) is 0 Å². The van der Waals surface area contributed by atoms with E-state index in [2.05, 4.69) is 101 Å². The van der Waals surface area contributed by atoms with Crippen LogP contribution in [0.5, 0.6) is 11.5 Å². The predicted molar refractivity (Wildman–Crippen MR) is 167 cm³/mol. The fourth-order valence-electron chi connectivity index (χ4n) is 3.91. The van der Waals surface area contributed by atoms with Crippen LogP contribution in [0.3, 0.4) is 0 Å². The Morgan fingerprint density at radius 3 is 2.03 bits per heavy atom. The zero-order valence-electron chi connectivity index (χ0n) is 23.9. The number of nitrogens with two attached hydrogens (primary N) is 1. The summed E-state index contributed by atoms with van der Waals surface area (Å²) in [6.45, 7) is 10.5. The van der Waals surface area contributed by atoms with Crippen LogP contribution in [0.1, 0.15) is 46.7 Å². The second kappa shape index (κ2) is 15.2. The molecule has 4 aromatic rings. The van der Waals surface area contributed by atoms with Crippen LogP contribution < -0.4 is 10.5 Å². The molecule has 0 saturated carbocycles. The van der Waals surface area contributed by atoms with E-state index in [-0.39, 0.29) is 0 Å². The van der Waals surface area contributed by atoms with Gasteiger partial charge in [0.05, 0.1) is 0 Å². The molecule has 0 spiro atoms. The molecule has 39 heavy (non-hydrogen) atoms. The van der Waals surface area contributed by atoms with E-state index < -0.39 is 0 Å². The van der Waals surface area contributed by atoms with E-state index in [0.717, 1.165) is 30.0 Å². The van der Waals surface area contributed by atoms with Crippen molar-refractivity contribution in [1.29, 1.82) is 0 Å². The third-order valence-electron chi connectivity index (χ3n) is 6.40. The Balaban J connectivity index is 0.000000167. The maximum atomic E-state index is 5.71. The van der Waals surface area contributed by atoms with Gasteiger partial charge in [0, 0.05) is 5.70 Å². The summed E-state index contributed by atoms with van der Waals surface area (Å²) in [7, 11) is 0. The van der Waals surface area contributed by atoms with Crippen molar-refractivity contribution in [1.82, 2.24) is 0 Å². The van der Waals surface area contributed by atoms with E-state index in [1.165, 1.54) is 39.0 Å². The smallest absolute Gasteiger partial charge is 0.127 e. The lowest BCUT2D eigenvalue weighted by molar-refractivity contribution is 0.482. The van der Waals surface area contributed by atoms with E-state index in [1.54, 1.807) is 0 Å². The van der Waals surface area contributed by atoms with Crippen LogP contribution in [0.2, 0.25) is 0 Å². The lowest BCUT2D eigenvalue weighted by Gasteiger charge is -2.07. The molecule has 0 saturated heterocycles. The van der Waals surface area contributed by atoms with Gasteiger partial charge in [0.25, 0.3) is 0 Å². The molecule has 2 nitrogen and oxygen atoms in total. The molecule has 0 atom stereocenters. The molecule has 5 rings (SSSR count). The summed E-state index contributed by atoms with van der Waals surface area (Å²) < 4.78 is 5.71. The third kappa shape index (κ3) is 10.9. The zero-order valence-corrected chi connectivity index (χ0v) is 23.9. The van der Waals surface area contributed by atoms with Crippen molar-refractivity contribution in [2.45, 2.75) is 47.5 Å². The van der Waals surface area contributed by atoms with Gasteiger partial charge in [0.1, 0.15) is 11.5 Å². The van der Waals surface area contributed by atoms with Gasteiger partial charge in [-0.1, -0.05) is 108 Å². The fraction of sp³-hybridized carbons (Fsp3) is 0.189. The van der Waals surface area contributed by atoms with E-state index in [0.29, 0.717) is 0 Å². The molecule has 0 aliphatic heterocycles. The van der Waals surface area contributed by atoms with Gasteiger partial charge in [-0.2, -0.15) is 0 Å². The average molecular weight is 516 g/mol. The highest BCUT2D eigenvalue weighted by atomic mass is 16.5. The average Bonchev–Trinajstić information content (AvgIpc) is 3.12. The molecule has 4 aromatic carbocycles. The number of para-hydroxylation sites is 1. The standard InChI is InChI=1S/C15H16.C14H14O.C8H11N/c1-12-6-8-14(9-7-12)11-15-5-3-4-13(2)10-15;1-11-8-9-14(10-12(11)2)15-13-6-4-3-5-7-13;1-7-3-2-4-8(9)6-5-7/h3-10H,11H2,1-2H3;3-10H,1-2H3;3-6H,2,9H2,1H3. The number of rotatable bonds is 4. The minimum atomic E-state index is 0.864. The van der Waals surface area contributed by atoms with Gasteiger partial charge in [-0.15, -0.1) is 0 Å². The first-order valence-electron chi connectivity index (χ1n) is 13.5. The van der Waals surface area contributed by atoms with Crippen LogP contribution in [-0.2, 0) is 6.42 Å². The van der Waals surface area contributed by atoms with Crippen LogP contribution in [0.25, 0.3) is 0 Å². The first kappa shape index (κ1) is 29.3. The van der Waals surface area contributed by atoms with E-state index in [9.17, 15) is 0 Å². The SMILES string of the molecule is CC1=CCC=C(N)C=C1.Cc1ccc(Cc2cccc(C)c2)cc1.Cc1ccc(Oc2ccccc2)cc1C. The van der Waals surface area contributed by atoms with Gasteiger partial charge < -0.3 is 10.5 Å². The number of aryl methyl sites for hydroxylation is 4. The molecule has 1 aliphatic rings. The highest BCUT2D eigenvalue weighted by Gasteiger charge is 1.99. The Hall–Kier alpha value is -4.30. The third-order valence-corrected chi connectivity index (χ3v) is 6.40. The second-order valence-electron chi connectivity index (χ2n) is 10.0. The largest absolute Gasteiger partial charge is 0.457 e. The zero-order chi connectivity index (χ0) is 28.0. The highest BCUT2D eigenvalue weighted by molar-refractivity contribution is 5.37. The van der Waals surface area contributed by atoms with Gasteiger partial charge in [-0.05, 0) is 100 Å². The molecule has 0 heterocycles. The second-order valence-corrected chi connectivity index (χ2v) is 10.0. The van der Waals surface area contributed by atoms with Crippen molar-refractivity contribution in [2.75, 3.05) is 0 Å². The van der Waals surface area contributed by atoms with Crippen LogP contribution in [0, 0.1) is 27.7 Å². The molecular weight excluding hydrogens is 474 g/mol. The van der Waals surface area contributed by atoms with E-state index in [4.69, 9.17) is 10.5 Å². The van der Waals surface area contributed by atoms with Crippen molar-refractivity contribution in [3.63, 3.8) is 0 Å². The molecule has 1 aliphatic carbocycles. The van der Waals surface area contributed by atoms with Crippen LogP contribution >= 0.6 is 0 Å². The Labute approximate surface area is 235 Å². The van der Waals surface area contributed by atoms with Gasteiger partial charge in [-0.3, -0.25) is 0 Å². The van der Waals surface area contributed by atoms with Gasteiger partial charge in [-0.25, -0.2) is 0 Å². The Morgan fingerprint density at radius 1 is 0.590 bits per heavy atom. The number of benzene rings is 4. The van der Waals surface area contributed by atoms with Crippen molar-refractivity contribution >= 4 is 0 Å². The Kier molecular flexibility index (Phi) is 11.4. The quantitative estimate of drug-likeness (QED) is 0.293. The predicted octanol–water partition coefficient (Wildman–Crippen LogP) is 9.73. The summed E-state index contributed by atoms with van der Waals surface area (Å²) in [5, 5.41) is 0. The monoisotopic (exact) mass is 515 g/mol. The van der Waals surface area contributed by atoms with Gasteiger partial charge >= 0.3 is 0 Å². The summed E-state index contributed by atoms with van der Waals surface area (Å²) in [5.74, 6) is 1.77. The summed E-state index contributed by atoms with van der Waals surface area (Å²) in [6, 6.07) is 33.4. The number of ether oxygens (including phenoxy) is 1. The van der Waals surface area contributed by atoms with E-state index >= 15 is 0 Å². The molecule has 0 bridgehead atoms. The van der Waals surface area contributed by atoms with Crippen LogP contribution in [-0.4, -0.2) is 0 Å². The lowest BCUT2D eigenvalue weighted by Crippen LogP contribution is -1.90. The van der Waals surface area contributed by atoms with E-state index in [1.807, 2.05) is 54.6 Å². The number of allylic oxidation sites excluding steroid dienone is 5. The molecule has 0 fully saturated rings. The maximum Gasteiger partial charge on any atom is 0.127 e. The summed E-state index contributed by atoms with van der Waals surface area (Å²) in [6.07, 6.45) is 10.1. The normalized spacial score (nSPS) is 12.0. The maximum absolute atomic E-state index is 5.71. The molecule has 0 aromatic heterocycles. The van der Waals surface area contributed by atoms with Crippen LogP contribution in [0.15, 0.2) is 133 Å². The topological polar surface area (TPSA) is 35.2 Å². The van der Waals surface area contributed by atoms with Gasteiger partial charge in [0.2, 0.25) is 0 Å². The van der Waals surface area contributed by atoms with Crippen molar-refractivity contribution in [2.24, 2.45) is 5.73 Å². The molecule has 0 unspecified atom stereocenters. The molecule has 2 N–H and O–H groups in total. The van der Waals surface area contributed by atoms with Crippen LogP contribution in [0.4, 0.5) is 0 Å². The fourth-order valence-corrected chi connectivity index (χ4v) is 3.91. The molecular formula is C37H41NO. The highest BCUT2D eigenvalue weighted by Crippen LogP contribution is 2.23. The first-order chi connectivity index (χ1) is 18.8. The summed E-state index contributed by atoms with van der Waals surface area (Å²) in [5.41, 5.74) is 15.7. The van der Waals surface area contributed by atoms with Crippen molar-refractivity contribution in [3.05, 3.63) is 166 Å². The molecule has 0 radical (unpaired) electrons. The summed E-state index contributed by atoms with van der Waals surface area (Å²) in [4.78, 5) is 0. The minimum Gasteiger partial charge on any atom is -0.457 e. The minimum absolute atomic E-state index is 0.864.